The lowest BCUT2D eigenvalue weighted by Gasteiger charge is -2.07. The minimum absolute atomic E-state index is 0.0482. The Morgan fingerprint density at radius 3 is 2.94 bits per heavy atom. The van der Waals surface area contributed by atoms with E-state index in [9.17, 15) is 8.78 Å². The summed E-state index contributed by atoms with van der Waals surface area (Å²) in [4.78, 5) is 3.74. The molecule has 0 saturated heterocycles. The third kappa shape index (κ3) is 2.58. The summed E-state index contributed by atoms with van der Waals surface area (Å²) in [7, 11) is 0. The van der Waals surface area contributed by atoms with Crippen LogP contribution in [0.2, 0.25) is 0 Å². The average Bonchev–Trinajstić information content (AvgIpc) is 2.85. The van der Waals surface area contributed by atoms with Gasteiger partial charge in [0.25, 0.3) is 0 Å². The fourth-order valence-electron chi connectivity index (χ4n) is 1.52. The van der Waals surface area contributed by atoms with Crippen molar-refractivity contribution in [3.63, 3.8) is 0 Å². The van der Waals surface area contributed by atoms with Crippen LogP contribution in [0.5, 0.6) is 0 Å². The van der Waals surface area contributed by atoms with Crippen LogP contribution in [0.4, 0.5) is 8.78 Å². The zero-order chi connectivity index (χ0) is 13.0. The van der Waals surface area contributed by atoms with Crippen LogP contribution in [0.25, 0.3) is 5.57 Å². The first-order valence-electron chi connectivity index (χ1n) is 5.07. The molecule has 0 unspecified atom stereocenters. The molecule has 90 valence electrons. The predicted octanol–water partition coefficient (Wildman–Crippen LogP) is 2.16. The Morgan fingerprint density at radius 2 is 2.28 bits per heavy atom. The third-order valence-corrected chi connectivity index (χ3v) is 2.31. The first kappa shape index (κ1) is 11.9. The Bertz CT molecular complexity index is 612. The summed E-state index contributed by atoms with van der Waals surface area (Å²) < 4.78 is 28.1. The van der Waals surface area contributed by atoms with Gasteiger partial charge in [0.15, 0.2) is 0 Å². The van der Waals surface area contributed by atoms with Crippen molar-refractivity contribution in [3.8, 4) is 6.07 Å². The number of aromatic nitrogens is 3. The lowest BCUT2D eigenvalue weighted by atomic mass is 10.0. The highest BCUT2D eigenvalue weighted by molar-refractivity contribution is 5.67. The van der Waals surface area contributed by atoms with E-state index >= 15 is 0 Å². The average molecular weight is 246 g/mol. The van der Waals surface area contributed by atoms with Crippen LogP contribution in [0, 0.1) is 23.0 Å². The molecule has 1 heterocycles. The third-order valence-electron chi connectivity index (χ3n) is 2.31. The number of halogens is 2. The first-order chi connectivity index (χ1) is 8.70. The number of benzene rings is 1. The van der Waals surface area contributed by atoms with Gasteiger partial charge < -0.3 is 0 Å². The number of hydrogen-bond donors (Lipinski definition) is 0. The van der Waals surface area contributed by atoms with E-state index in [1.54, 1.807) is 0 Å². The van der Waals surface area contributed by atoms with Crippen LogP contribution in [0.1, 0.15) is 5.56 Å². The van der Waals surface area contributed by atoms with E-state index in [0.717, 1.165) is 18.2 Å². The molecule has 0 saturated carbocycles. The maximum Gasteiger partial charge on any atom is 0.137 e. The molecule has 0 aliphatic rings. The maximum absolute atomic E-state index is 13.6. The van der Waals surface area contributed by atoms with Crippen molar-refractivity contribution in [2.75, 3.05) is 0 Å². The molecule has 0 fully saturated rings. The van der Waals surface area contributed by atoms with Gasteiger partial charge in [0, 0.05) is 11.6 Å². The Kier molecular flexibility index (Phi) is 3.44. The molecular formula is C12H8F2N4. The molecule has 0 radical (unpaired) electrons. The Hall–Kier alpha value is -2.55. The van der Waals surface area contributed by atoms with Crippen molar-refractivity contribution in [3.05, 3.63) is 54.1 Å². The van der Waals surface area contributed by atoms with Crippen LogP contribution in [-0.4, -0.2) is 14.8 Å². The number of allylic oxidation sites excluding steroid dienone is 2. The molecule has 6 heteroatoms. The Labute approximate surface area is 102 Å². The topological polar surface area (TPSA) is 54.5 Å². The number of rotatable bonds is 3. The zero-order valence-corrected chi connectivity index (χ0v) is 9.22. The molecule has 0 amide bonds. The molecule has 18 heavy (non-hydrogen) atoms. The van der Waals surface area contributed by atoms with Crippen molar-refractivity contribution in [2.24, 2.45) is 0 Å². The van der Waals surface area contributed by atoms with Gasteiger partial charge in [0.1, 0.15) is 24.3 Å². The molecule has 1 aromatic heterocycles. The van der Waals surface area contributed by atoms with Crippen LogP contribution < -0.4 is 0 Å². The van der Waals surface area contributed by atoms with Crippen molar-refractivity contribution in [2.45, 2.75) is 6.54 Å². The minimum atomic E-state index is -0.585. The second kappa shape index (κ2) is 5.19. The molecule has 2 aromatic rings. The lowest BCUT2D eigenvalue weighted by Crippen LogP contribution is -2.03. The van der Waals surface area contributed by atoms with Gasteiger partial charge in [-0.25, -0.2) is 18.4 Å². The largest absolute Gasteiger partial charge is 0.249 e. The maximum atomic E-state index is 13.6. The summed E-state index contributed by atoms with van der Waals surface area (Å²) in [6.07, 6.45) is 3.92. The summed E-state index contributed by atoms with van der Waals surface area (Å²) in [5.41, 5.74) is 0.382. The molecule has 0 atom stereocenters. The normalized spacial score (nSPS) is 11.3. The van der Waals surface area contributed by atoms with Gasteiger partial charge in [-0.05, 0) is 23.8 Å². The van der Waals surface area contributed by atoms with E-state index in [4.69, 9.17) is 5.26 Å². The van der Waals surface area contributed by atoms with Crippen LogP contribution >= 0.6 is 0 Å². The molecule has 0 aliphatic carbocycles. The van der Waals surface area contributed by atoms with E-state index in [0.29, 0.717) is 5.57 Å². The fraction of sp³-hybridized carbons (Fsp3) is 0.0833. The van der Waals surface area contributed by atoms with Crippen LogP contribution in [-0.2, 0) is 6.54 Å². The Balaban J connectivity index is 2.40. The smallest absolute Gasteiger partial charge is 0.137 e. The lowest BCUT2D eigenvalue weighted by molar-refractivity contribution is 0.594. The van der Waals surface area contributed by atoms with Gasteiger partial charge in [0.2, 0.25) is 0 Å². The van der Waals surface area contributed by atoms with E-state index in [1.165, 1.54) is 23.4 Å². The number of hydrogen-bond acceptors (Lipinski definition) is 3. The highest BCUT2D eigenvalue weighted by Crippen LogP contribution is 2.20. The molecule has 0 spiro atoms. The van der Waals surface area contributed by atoms with Gasteiger partial charge in [-0.15, -0.1) is 0 Å². The molecular weight excluding hydrogens is 238 g/mol. The highest BCUT2D eigenvalue weighted by atomic mass is 19.1. The molecule has 2 rings (SSSR count). The minimum Gasteiger partial charge on any atom is -0.249 e. The fourth-order valence-corrected chi connectivity index (χ4v) is 1.52. The standard InChI is InChI=1S/C12H8F2N4/c13-10-1-2-12(14)11(5-10)9(3-4-15)6-18-8-16-7-17-18/h1-3,5,7-8H,6H2. The van der Waals surface area contributed by atoms with Crippen molar-refractivity contribution < 1.29 is 8.78 Å². The van der Waals surface area contributed by atoms with Crippen molar-refractivity contribution in [1.82, 2.24) is 14.8 Å². The van der Waals surface area contributed by atoms with E-state index in [1.807, 2.05) is 6.07 Å². The van der Waals surface area contributed by atoms with Crippen molar-refractivity contribution >= 4 is 5.57 Å². The summed E-state index contributed by atoms with van der Waals surface area (Å²) in [5.74, 6) is -1.15. The molecule has 0 bridgehead atoms. The molecule has 4 nitrogen and oxygen atoms in total. The molecule has 0 N–H and O–H groups in total. The quantitative estimate of drug-likeness (QED) is 0.780. The van der Waals surface area contributed by atoms with Gasteiger partial charge >= 0.3 is 0 Å². The summed E-state index contributed by atoms with van der Waals surface area (Å²) in [6.45, 7) is 0.147. The SMILES string of the molecule is N#CC=C(Cn1cncn1)c1cc(F)ccc1F. The van der Waals surface area contributed by atoms with Crippen LogP contribution in [0.3, 0.4) is 0 Å². The van der Waals surface area contributed by atoms with Gasteiger partial charge in [-0.1, -0.05) is 0 Å². The zero-order valence-electron chi connectivity index (χ0n) is 9.22. The number of nitriles is 1. The summed E-state index contributed by atoms with van der Waals surface area (Å²) in [6, 6.07) is 4.91. The monoisotopic (exact) mass is 246 g/mol. The second-order valence-electron chi connectivity index (χ2n) is 3.52. The predicted molar refractivity (Wildman–Crippen MR) is 60.0 cm³/mol. The van der Waals surface area contributed by atoms with Crippen molar-refractivity contribution in [1.29, 1.82) is 5.26 Å². The number of nitrogens with zero attached hydrogens (tertiary/aromatic N) is 4. The van der Waals surface area contributed by atoms with E-state index < -0.39 is 11.6 Å². The van der Waals surface area contributed by atoms with E-state index in [2.05, 4.69) is 10.1 Å². The molecule has 0 aliphatic heterocycles. The summed E-state index contributed by atoms with van der Waals surface area (Å²) in [5, 5.41) is 12.6. The Morgan fingerprint density at radius 1 is 1.44 bits per heavy atom. The first-order valence-corrected chi connectivity index (χ1v) is 5.07. The van der Waals surface area contributed by atoms with E-state index in [-0.39, 0.29) is 12.1 Å². The van der Waals surface area contributed by atoms with Gasteiger partial charge in [0.05, 0.1) is 12.6 Å². The second-order valence-corrected chi connectivity index (χ2v) is 3.52. The van der Waals surface area contributed by atoms with Gasteiger partial charge in [-0.3, -0.25) is 0 Å². The molecule has 1 aromatic carbocycles. The highest BCUT2D eigenvalue weighted by Gasteiger charge is 2.10. The summed E-state index contributed by atoms with van der Waals surface area (Å²) >= 11 is 0. The van der Waals surface area contributed by atoms with Crippen LogP contribution in [0.15, 0.2) is 36.9 Å². The van der Waals surface area contributed by atoms with Gasteiger partial charge in [-0.2, -0.15) is 10.4 Å².